The summed E-state index contributed by atoms with van der Waals surface area (Å²) in [6, 6.07) is 16.4. The smallest absolute Gasteiger partial charge is 0.258 e. The third kappa shape index (κ3) is 4.45. The molecule has 0 aliphatic heterocycles. The molecule has 2 aromatic carbocycles. The fourth-order valence-corrected chi connectivity index (χ4v) is 2.57. The van der Waals surface area contributed by atoms with Gasteiger partial charge in [0.05, 0.1) is 0 Å². The second-order valence-corrected chi connectivity index (χ2v) is 6.03. The lowest BCUT2D eigenvalue weighted by Gasteiger charge is -2.09. The molecule has 0 saturated carbocycles. The summed E-state index contributed by atoms with van der Waals surface area (Å²) >= 11 is 0. The van der Waals surface area contributed by atoms with Crippen molar-refractivity contribution in [3.05, 3.63) is 94.2 Å². The van der Waals surface area contributed by atoms with Gasteiger partial charge in [0, 0.05) is 24.4 Å². The number of pyridine rings is 1. The van der Waals surface area contributed by atoms with Crippen molar-refractivity contribution in [3.63, 3.8) is 0 Å². The Kier molecular flexibility index (Phi) is 5.27. The van der Waals surface area contributed by atoms with Gasteiger partial charge in [-0.25, -0.2) is 4.39 Å². The van der Waals surface area contributed by atoms with Gasteiger partial charge in [0.2, 0.25) is 0 Å². The molecule has 0 unspecified atom stereocenters. The van der Waals surface area contributed by atoms with Crippen molar-refractivity contribution >= 4 is 5.78 Å². The van der Waals surface area contributed by atoms with Crippen molar-refractivity contribution in [3.8, 4) is 11.4 Å². The minimum Gasteiger partial charge on any atom is -0.489 e. The van der Waals surface area contributed by atoms with Crippen LogP contribution in [-0.2, 0) is 17.8 Å². The number of ether oxygens (including phenoxy) is 1. The van der Waals surface area contributed by atoms with Crippen LogP contribution < -0.4 is 10.3 Å². The summed E-state index contributed by atoms with van der Waals surface area (Å²) in [5.41, 5.74) is 2.22. The van der Waals surface area contributed by atoms with Crippen molar-refractivity contribution in [2.75, 3.05) is 0 Å². The minimum atomic E-state index is -0.300. The second kappa shape index (κ2) is 7.78. The fourth-order valence-electron chi connectivity index (χ4n) is 2.57. The van der Waals surface area contributed by atoms with E-state index in [4.69, 9.17) is 4.74 Å². The molecule has 5 heteroatoms. The van der Waals surface area contributed by atoms with Gasteiger partial charge in [0.1, 0.15) is 24.0 Å². The van der Waals surface area contributed by atoms with E-state index in [1.165, 1.54) is 22.8 Å². The number of carbonyl (C=O) groups excluding carboxylic acids is 1. The van der Waals surface area contributed by atoms with Crippen molar-refractivity contribution < 1.29 is 13.9 Å². The van der Waals surface area contributed by atoms with Gasteiger partial charge in [0.25, 0.3) is 5.56 Å². The molecule has 0 aliphatic carbocycles. The highest BCUT2D eigenvalue weighted by atomic mass is 19.1. The maximum Gasteiger partial charge on any atom is 0.258 e. The van der Waals surface area contributed by atoms with Crippen molar-refractivity contribution in [2.24, 2.45) is 0 Å². The van der Waals surface area contributed by atoms with Gasteiger partial charge < -0.3 is 4.74 Å². The number of halogens is 1. The van der Waals surface area contributed by atoms with Crippen molar-refractivity contribution in [2.45, 2.75) is 20.0 Å². The van der Waals surface area contributed by atoms with Gasteiger partial charge in [-0.15, -0.1) is 0 Å². The first-order chi connectivity index (χ1) is 12.5. The molecule has 0 amide bonds. The molecule has 132 valence electrons. The highest BCUT2D eigenvalue weighted by Crippen LogP contribution is 2.13. The molecule has 0 aliphatic rings. The summed E-state index contributed by atoms with van der Waals surface area (Å²) in [7, 11) is 0. The SMILES string of the molecule is CC(=O)Cc1ccc(-n2ccc(OCc3ccc(F)cc3)cc2=O)cc1. The average Bonchev–Trinajstić information content (AvgIpc) is 2.62. The molecule has 1 aromatic heterocycles. The second-order valence-electron chi connectivity index (χ2n) is 6.03. The monoisotopic (exact) mass is 351 g/mol. The summed E-state index contributed by atoms with van der Waals surface area (Å²) in [5.74, 6) is 0.243. The predicted octanol–water partition coefficient (Wildman–Crippen LogP) is 3.69. The number of Topliss-reactive ketones (excluding diaryl/α,β-unsaturated/α-hetero) is 1. The van der Waals surface area contributed by atoms with Crippen LogP contribution in [0, 0.1) is 5.82 Å². The van der Waals surface area contributed by atoms with Gasteiger partial charge in [-0.3, -0.25) is 14.2 Å². The number of aromatic nitrogens is 1. The summed E-state index contributed by atoms with van der Waals surface area (Å²) < 4.78 is 20.0. The van der Waals surface area contributed by atoms with Crippen LogP contribution >= 0.6 is 0 Å². The lowest BCUT2D eigenvalue weighted by molar-refractivity contribution is -0.116. The third-order valence-electron chi connectivity index (χ3n) is 3.88. The van der Waals surface area contributed by atoms with Crippen molar-refractivity contribution in [1.29, 1.82) is 0 Å². The predicted molar refractivity (Wildman–Crippen MR) is 97.2 cm³/mol. The highest BCUT2D eigenvalue weighted by Gasteiger charge is 2.04. The van der Waals surface area contributed by atoms with Crippen LogP contribution in [0.4, 0.5) is 4.39 Å². The van der Waals surface area contributed by atoms with Crippen LogP contribution in [-0.4, -0.2) is 10.4 Å². The van der Waals surface area contributed by atoms with E-state index in [0.29, 0.717) is 17.9 Å². The molecule has 3 rings (SSSR count). The van der Waals surface area contributed by atoms with E-state index < -0.39 is 0 Å². The minimum absolute atomic E-state index is 0.0950. The van der Waals surface area contributed by atoms with Gasteiger partial charge >= 0.3 is 0 Å². The van der Waals surface area contributed by atoms with Crippen LogP contribution in [0.25, 0.3) is 5.69 Å². The zero-order valence-electron chi connectivity index (χ0n) is 14.3. The van der Waals surface area contributed by atoms with Gasteiger partial charge in [-0.1, -0.05) is 24.3 Å². The fraction of sp³-hybridized carbons (Fsp3) is 0.143. The Labute approximate surface area is 150 Å². The Bertz CT molecular complexity index is 960. The lowest BCUT2D eigenvalue weighted by atomic mass is 10.1. The highest BCUT2D eigenvalue weighted by molar-refractivity contribution is 5.78. The number of hydrogen-bond donors (Lipinski definition) is 0. The number of nitrogens with zero attached hydrogens (tertiary/aromatic N) is 1. The largest absolute Gasteiger partial charge is 0.489 e. The first kappa shape index (κ1) is 17.6. The van der Waals surface area contributed by atoms with Crippen LogP contribution in [0.1, 0.15) is 18.1 Å². The first-order valence-corrected chi connectivity index (χ1v) is 8.20. The summed E-state index contributed by atoms with van der Waals surface area (Å²) in [6.45, 7) is 1.80. The number of carbonyl (C=O) groups is 1. The summed E-state index contributed by atoms with van der Waals surface area (Å²) in [5, 5.41) is 0. The van der Waals surface area contributed by atoms with Gasteiger partial charge in [-0.05, 0) is 48.4 Å². The first-order valence-electron chi connectivity index (χ1n) is 8.20. The average molecular weight is 351 g/mol. The van der Waals surface area contributed by atoms with Crippen LogP contribution in [0.5, 0.6) is 5.75 Å². The number of benzene rings is 2. The Hall–Kier alpha value is -3.21. The van der Waals surface area contributed by atoms with Crippen molar-refractivity contribution in [1.82, 2.24) is 4.57 Å². The molecule has 0 N–H and O–H groups in total. The lowest BCUT2D eigenvalue weighted by Crippen LogP contribution is -2.16. The molecule has 0 spiro atoms. The van der Waals surface area contributed by atoms with Crippen LogP contribution in [0.3, 0.4) is 0 Å². The standard InChI is InChI=1S/C21H18FNO3/c1-15(24)12-16-4-8-19(9-5-16)23-11-10-20(13-21(23)25)26-14-17-2-6-18(22)7-3-17/h2-11,13H,12,14H2,1H3. The Morgan fingerprint density at radius 1 is 1.00 bits per heavy atom. The zero-order valence-corrected chi connectivity index (χ0v) is 14.3. The summed E-state index contributed by atoms with van der Waals surface area (Å²) in [4.78, 5) is 23.5. The number of hydrogen-bond acceptors (Lipinski definition) is 3. The van der Waals surface area contributed by atoms with E-state index in [1.54, 1.807) is 43.5 Å². The molecule has 0 saturated heterocycles. The molecule has 0 bridgehead atoms. The maximum atomic E-state index is 12.9. The van der Waals surface area contributed by atoms with Crippen LogP contribution in [0.15, 0.2) is 71.7 Å². The van der Waals surface area contributed by atoms with Crippen LogP contribution in [0.2, 0.25) is 0 Å². The Morgan fingerprint density at radius 3 is 2.27 bits per heavy atom. The molecule has 1 heterocycles. The molecular weight excluding hydrogens is 333 g/mol. The van der Waals surface area contributed by atoms with E-state index in [1.807, 2.05) is 12.1 Å². The molecule has 0 radical (unpaired) electrons. The van der Waals surface area contributed by atoms with Gasteiger partial charge in [-0.2, -0.15) is 0 Å². The van der Waals surface area contributed by atoms with Gasteiger partial charge in [0.15, 0.2) is 0 Å². The third-order valence-corrected chi connectivity index (χ3v) is 3.88. The van der Waals surface area contributed by atoms with E-state index in [9.17, 15) is 14.0 Å². The molecule has 3 aromatic rings. The number of ketones is 1. The molecule has 4 nitrogen and oxygen atoms in total. The molecule has 0 fully saturated rings. The Balaban J connectivity index is 1.71. The Morgan fingerprint density at radius 2 is 1.65 bits per heavy atom. The quantitative estimate of drug-likeness (QED) is 0.681. The zero-order chi connectivity index (χ0) is 18.5. The van der Waals surface area contributed by atoms with E-state index in [-0.39, 0.29) is 23.8 Å². The molecule has 26 heavy (non-hydrogen) atoms. The van der Waals surface area contributed by atoms with E-state index >= 15 is 0 Å². The molecule has 0 atom stereocenters. The molecular formula is C21H18FNO3. The topological polar surface area (TPSA) is 48.3 Å². The summed E-state index contributed by atoms with van der Waals surface area (Å²) in [6.07, 6.45) is 2.02. The maximum absolute atomic E-state index is 12.9. The van der Waals surface area contributed by atoms with E-state index in [2.05, 4.69) is 0 Å². The van der Waals surface area contributed by atoms with E-state index in [0.717, 1.165) is 11.1 Å². The normalized spacial score (nSPS) is 10.5. The number of rotatable bonds is 6.